The Bertz CT molecular complexity index is 488. The van der Waals surface area contributed by atoms with Gasteiger partial charge in [0.25, 0.3) is 5.56 Å². The quantitative estimate of drug-likeness (QED) is 0.735. The molecule has 0 aliphatic rings. The van der Waals surface area contributed by atoms with Crippen molar-refractivity contribution in [3.05, 3.63) is 59.0 Å². The molecule has 0 amide bonds. The molecule has 1 aromatic carbocycles. The Morgan fingerprint density at radius 3 is 2.43 bits per heavy atom. The lowest BCUT2D eigenvalue weighted by atomic mass is 10.3. The third-order valence-corrected chi connectivity index (χ3v) is 1.96. The molecule has 0 atom stereocenters. The fourth-order valence-corrected chi connectivity index (χ4v) is 1.27. The monoisotopic (exact) mass is 187 g/mol. The zero-order valence-corrected chi connectivity index (χ0v) is 7.42. The standard InChI is InChI=1S/C11H9NO2/c13-10-7-4-8-12(11(10)14)9-5-2-1-3-6-9/h1-8,13H. The summed E-state index contributed by atoms with van der Waals surface area (Å²) in [5, 5.41) is 9.23. The van der Waals surface area contributed by atoms with Gasteiger partial charge >= 0.3 is 0 Å². The van der Waals surface area contributed by atoms with Crippen molar-refractivity contribution in [3.8, 4) is 11.4 Å². The van der Waals surface area contributed by atoms with Gasteiger partial charge in [0.05, 0.1) is 0 Å². The number of aromatic hydroxyl groups is 1. The van der Waals surface area contributed by atoms with Crippen molar-refractivity contribution >= 4 is 0 Å². The summed E-state index contributed by atoms with van der Waals surface area (Å²) in [6.45, 7) is 0. The van der Waals surface area contributed by atoms with Gasteiger partial charge < -0.3 is 5.11 Å². The fraction of sp³-hybridized carbons (Fsp3) is 0. The molecule has 1 heterocycles. The minimum atomic E-state index is -0.404. The van der Waals surface area contributed by atoms with Gasteiger partial charge in [-0.25, -0.2) is 0 Å². The van der Waals surface area contributed by atoms with E-state index in [0.717, 1.165) is 5.69 Å². The predicted octanol–water partition coefficient (Wildman–Crippen LogP) is 1.54. The van der Waals surface area contributed by atoms with Crippen LogP contribution in [0.5, 0.6) is 5.75 Å². The summed E-state index contributed by atoms with van der Waals surface area (Å²) in [6, 6.07) is 12.2. The second kappa shape index (κ2) is 3.38. The van der Waals surface area contributed by atoms with Crippen molar-refractivity contribution in [2.75, 3.05) is 0 Å². The molecular weight excluding hydrogens is 178 g/mol. The van der Waals surface area contributed by atoms with E-state index in [2.05, 4.69) is 0 Å². The molecule has 1 N–H and O–H groups in total. The highest BCUT2D eigenvalue weighted by atomic mass is 16.3. The maximum atomic E-state index is 11.5. The maximum absolute atomic E-state index is 11.5. The third-order valence-electron chi connectivity index (χ3n) is 1.96. The van der Waals surface area contributed by atoms with Gasteiger partial charge in [-0.1, -0.05) is 18.2 Å². The zero-order chi connectivity index (χ0) is 9.97. The molecule has 0 aliphatic heterocycles. The van der Waals surface area contributed by atoms with Crippen molar-refractivity contribution in [2.24, 2.45) is 0 Å². The molecule has 70 valence electrons. The highest BCUT2D eigenvalue weighted by Crippen LogP contribution is 2.06. The van der Waals surface area contributed by atoms with E-state index in [9.17, 15) is 9.90 Å². The van der Waals surface area contributed by atoms with E-state index in [0.29, 0.717) is 0 Å². The molecule has 0 saturated carbocycles. The van der Waals surface area contributed by atoms with Gasteiger partial charge in [0.2, 0.25) is 0 Å². The lowest BCUT2D eigenvalue weighted by molar-refractivity contribution is 0.463. The highest BCUT2D eigenvalue weighted by molar-refractivity contribution is 5.33. The molecule has 0 saturated heterocycles. The molecule has 1 aromatic heterocycles. The Morgan fingerprint density at radius 1 is 1.00 bits per heavy atom. The van der Waals surface area contributed by atoms with Crippen molar-refractivity contribution in [1.82, 2.24) is 4.57 Å². The third kappa shape index (κ3) is 1.40. The molecule has 2 aromatic rings. The molecular formula is C11H9NO2. The summed E-state index contributed by atoms with van der Waals surface area (Å²) < 4.78 is 1.40. The number of nitrogens with zero attached hydrogens (tertiary/aromatic N) is 1. The van der Waals surface area contributed by atoms with E-state index in [1.807, 2.05) is 18.2 Å². The van der Waals surface area contributed by atoms with Crippen molar-refractivity contribution < 1.29 is 5.11 Å². The first-order chi connectivity index (χ1) is 6.79. The zero-order valence-electron chi connectivity index (χ0n) is 7.42. The van der Waals surface area contributed by atoms with Crippen molar-refractivity contribution in [3.63, 3.8) is 0 Å². The number of aromatic nitrogens is 1. The van der Waals surface area contributed by atoms with Gasteiger partial charge in [0.1, 0.15) is 0 Å². The number of para-hydroxylation sites is 1. The van der Waals surface area contributed by atoms with Crippen LogP contribution < -0.4 is 5.56 Å². The predicted molar refractivity (Wildman–Crippen MR) is 53.7 cm³/mol. The second-order valence-electron chi connectivity index (χ2n) is 2.90. The van der Waals surface area contributed by atoms with Crippen LogP contribution in [0.2, 0.25) is 0 Å². The van der Waals surface area contributed by atoms with Gasteiger partial charge in [-0.05, 0) is 24.3 Å². The maximum Gasteiger partial charge on any atom is 0.297 e. The number of hydrogen-bond acceptors (Lipinski definition) is 2. The van der Waals surface area contributed by atoms with Crippen LogP contribution in [0.3, 0.4) is 0 Å². The Labute approximate surface area is 80.9 Å². The van der Waals surface area contributed by atoms with Crippen LogP contribution in [-0.4, -0.2) is 9.67 Å². The molecule has 0 radical (unpaired) electrons. The second-order valence-corrected chi connectivity index (χ2v) is 2.90. The fourth-order valence-electron chi connectivity index (χ4n) is 1.27. The van der Waals surface area contributed by atoms with E-state index in [-0.39, 0.29) is 5.75 Å². The van der Waals surface area contributed by atoms with Gasteiger partial charge in [0.15, 0.2) is 5.75 Å². The van der Waals surface area contributed by atoms with Crippen LogP contribution in [0.1, 0.15) is 0 Å². The van der Waals surface area contributed by atoms with Crippen molar-refractivity contribution in [2.45, 2.75) is 0 Å². The SMILES string of the molecule is O=c1c(O)cccn1-c1ccccc1. The van der Waals surface area contributed by atoms with Crippen LogP contribution in [-0.2, 0) is 0 Å². The topological polar surface area (TPSA) is 42.2 Å². The summed E-state index contributed by atoms with van der Waals surface area (Å²) in [6.07, 6.45) is 1.62. The first-order valence-electron chi connectivity index (χ1n) is 4.25. The van der Waals surface area contributed by atoms with Crippen LogP contribution in [0.25, 0.3) is 5.69 Å². The molecule has 3 nitrogen and oxygen atoms in total. The summed E-state index contributed by atoms with van der Waals surface area (Å²) >= 11 is 0. The molecule has 3 heteroatoms. The largest absolute Gasteiger partial charge is 0.503 e. The highest BCUT2D eigenvalue weighted by Gasteiger charge is 2.01. The van der Waals surface area contributed by atoms with Gasteiger partial charge in [-0.2, -0.15) is 0 Å². The first kappa shape index (κ1) is 8.56. The van der Waals surface area contributed by atoms with E-state index in [1.54, 1.807) is 24.4 Å². The molecule has 14 heavy (non-hydrogen) atoms. The molecule has 0 fully saturated rings. The molecule has 0 unspecified atom stereocenters. The van der Waals surface area contributed by atoms with E-state index in [1.165, 1.54) is 10.6 Å². The summed E-state index contributed by atoms with van der Waals surface area (Å²) in [7, 11) is 0. The van der Waals surface area contributed by atoms with Crippen LogP contribution in [0.4, 0.5) is 0 Å². The van der Waals surface area contributed by atoms with E-state index >= 15 is 0 Å². The van der Waals surface area contributed by atoms with Crippen LogP contribution in [0.15, 0.2) is 53.5 Å². The normalized spacial score (nSPS) is 10.0. The molecule has 2 rings (SSSR count). The van der Waals surface area contributed by atoms with Crippen molar-refractivity contribution in [1.29, 1.82) is 0 Å². The lowest BCUT2D eigenvalue weighted by Crippen LogP contribution is -2.16. The number of rotatable bonds is 1. The van der Waals surface area contributed by atoms with Gasteiger partial charge in [0, 0.05) is 11.9 Å². The van der Waals surface area contributed by atoms with E-state index < -0.39 is 5.56 Å². The first-order valence-corrected chi connectivity index (χ1v) is 4.25. The molecule has 0 aliphatic carbocycles. The van der Waals surface area contributed by atoms with Gasteiger partial charge in [-0.15, -0.1) is 0 Å². The Kier molecular flexibility index (Phi) is 2.07. The molecule has 0 bridgehead atoms. The Balaban J connectivity index is 2.64. The summed E-state index contributed by atoms with van der Waals surface area (Å²) in [5.41, 5.74) is 0.340. The summed E-state index contributed by atoms with van der Waals surface area (Å²) in [5.74, 6) is -0.239. The Morgan fingerprint density at radius 2 is 1.71 bits per heavy atom. The minimum absolute atomic E-state index is 0.239. The number of pyridine rings is 1. The average Bonchev–Trinajstić information content (AvgIpc) is 2.23. The summed E-state index contributed by atoms with van der Waals surface area (Å²) in [4.78, 5) is 11.5. The lowest BCUT2D eigenvalue weighted by Gasteiger charge is -2.04. The Hall–Kier alpha value is -2.03. The van der Waals surface area contributed by atoms with Crippen LogP contribution >= 0.6 is 0 Å². The average molecular weight is 187 g/mol. The van der Waals surface area contributed by atoms with Gasteiger partial charge in [-0.3, -0.25) is 9.36 Å². The smallest absolute Gasteiger partial charge is 0.297 e. The number of benzene rings is 1. The van der Waals surface area contributed by atoms with E-state index in [4.69, 9.17) is 0 Å². The minimum Gasteiger partial charge on any atom is -0.503 e. The number of hydrogen-bond donors (Lipinski definition) is 1. The molecule has 0 spiro atoms. The van der Waals surface area contributed by atoms with Crippen LogP contribution in [0, 0.1) is 0 Å².